The van der Waals surface area contributed by atoms with E-state index in [-0.39, 0.29) is 0 Å². The van der Waals surface area contributed by atoms with E-state index in [0.717, 1.165) is 33.9 Å². The normalized spacial score (nSPS) is 18.3. The molecule has 1 aromatic heterocycles. The van der Waals surface area contributed by atoms with Gasteiger partial charge in [0.15, 0.2) is 5.71 Å². The minimum atomic E-state index is -1.21. The van der Waals surface area contributed by atoms with Crippen LogP contribution in [0.15, 0.2) is 23.4 Å². The third-order valence-electron chi connectivity index (χ3n) is 3.68. The van der Waals surface area contributed by atoms with Gasteiger partial charge >= 0.3 is 7.26 Å². The molecule has 0 bridgehead atoms. The highest BCUT2D eigenvalue weighted by atomic mass is 35.5. The summed E-state index contributed by atoms with van der Waals surface area (Å²) in [5.41, 5.74) is 5.43. The van der Waals surface area contributed by atoms with E-state index in [2.05, 4.69) is 0 Å². The summed E-state index contributed by atoms with van der Waals surface area (Å²) in [6.45, 7) is 7.75. The van der Waals surface area contributed by atoms with Gasteiger partial charge in [0.25, 0.3) is 0 Å². The highest BCUT2D eigenvalue weighted by molar-refractivity contribution is 6.53. The third-order valence-corrected chi connectivity index (χ3v) is 4.04. The molecule has 0 aliphatic carbocycles. The number of aromatic nitrogens is 1. The van der Waals surface area contributed by atoms with Crippen LogP contribution < -0.4 is 0 Å². The molecule has 0 fully saturated rings. The maximum Gasteiger partial charge on any atom is 0.846 e. The fourth-order valence-electron chi connectivity index (χ4n) is 2.97. The van der Waals surface area contributed by atoms with Crippen LogP contribution in [0.3, 0.4) is 0 Å². The van der Waals surface area contributed by atoms with Gasteiger partial charge in [-0.25, -0.2) is 8.80 Å². The van der Waals surface area contributed by atoms with Crippen molar-refractivity contribution in [2.45, 2.75) is 27.7 Å². The lowest BCUT2D eigenvalue weighted by Gasteiger charge is -2.18. The minimum Gasteiger partial charge on any atom is -0.289 e. The Kier molecular flexibility index (Phi) is 2.36. The smallest absolute Gasteiger partial charge is 0.289 e. The predicted octanol–water partition coefficient (Wildman–Crippen LogP) is 3.26. The molecule has 0 saturated heterocycles. The lowest BCUT2D eigenvalue weighted by atomic mass is 9.95. The molecule has 1 aromatic rings. The first kappa shape index (κ1) is 11.8. The fraction of sp³-hybridized carbons (Fsp3) is 0.308. The Morgan fingerprint density at radius 2 is 1.94 bits per heavy atom. The van der Waals surface area contributed by atoms with Crippen LogP contribution in [0.1, 0.15) is 30.8 Å². The van der Waals surface area contributed by atoms with Crippen molar-refractivity contribution < 1.29 is 8.80 Å². The van der Waals surface area contributed by atoms with Crippen molar-refractivity contribution in [1.29, 1.82) is 0 Å². The van der Waals surface area contributed by atoms with Crippen molar-refractivity contribution in [3.05, 3.63) is 40.4 Å². The molecular weight excluding hydrogens is 249 g/mol. The average Bonchev–Trinajstić information content (AvgIpc) is 2.73. The van der Waals surface area contributed by atoms with Gasteiger partial charge in [0.1, 0.15) is 5.03 Å². The average molecular weight is 264 g/mol. The Morgan fingerprint density at radius 1 is 1.28 bits per heavy atom. The molecule has 18 heavy (non-hydrogen) atoms. The van der Waals surface area contributed by atoms with Crippen LogP contribution >= 0.6 is 11.6 Å². The molecule has 0 amide bonds. The molecule has 92 valence electrons. The van der Waals surface area contributed by atoms with E-state index < -0.39 is 7.26 Å². The second-order valence-corrected chi connectivity index (χ2v) is 5.38. The van der Waals surface area contributed by atoms with Gasteiger partial charge in [-0.15, -0.1) is 0 Å². The SMILES string of the molecule is CC1=CC(C)=[N+]2B(F)n3c(C)cc(C)c3C(Cl)=C12. The topological polar surface area (TPSA) is 7.94 Å². The Balaban J connectivity index is 2.40. The number of aryl methyl sites for hydroxylation is 2. The number of nitrogens with zero attached hydrogens (tertiary/aromatic N) is 2. The molecule has 0 spiro atoms. The minimum absolute atomic E-state index is 0.639. The van der Waals surface area contributed by atoms with Crippen molar-refractivity contribution in [3.8, 4) is 0 Å². The molecule has 2 nitrogen and oxygen atoms in total. The zero-order chi connectivity index (χ0) is 13.2. The van der Waals surface area contributed by atoms with E-state index in [4.69, 9.17) is 11.6 Å². The van der Waals surface area contributed by atoms with Crippen molar-refractivity contribution in [1.82, 2.24) is 4.48 Å². The van der Waals surface area contributed by atoms with Crippen molar-refractivity contribution in [3.63, 3.8) is 0 Å². The summed E-state index contributed by atoms with van der Waals surface area (Å²) in [5.74, 6) is 0. The Hall–Kier alpha value is -1.29. The van der Waals surface area contributed by atoms with E-state index in [1.807, 2.05) is 39.8 Å². The molecule has 3 heterocycles. The van der Waals surface area contributed by atoms with Gasteiger partial charge in [0.2, 0.25) is 5.70 Å². The lowest BCUT2D eigenvalue weighted by molar-refractivity contribution is -0.336. The maximum atomic E-state index is 14.7. The van der Waals surface area contributed by atoms with Crippen LogP contribution in [0.4, 0.5) is 4.32 Å². The fourth-order valence-corrected chi connectivity index (χ4v) is 3.45. The van der Waals surface area contributed by atoms with E-state index in [0.29, 0.717) is 5.03 Å². The molecule has 3 rings (SSSR count). The number of halogens is 2. The molecule has 0 radical (unpaired) electrons. The van der Waals surface area contributed by atoms with Gasteiger partial charge in [-0.1, -0.05) is 11.6 Å². The summed E-state index contributed by atoms with van der Waals surface area (Å²) in [6, 6.07) is 1.97. The summed E-state index contributed by atoms with van der Waals surface area (Å²) in [5, 5.41) is 0.639. The molecule has 0 saturated carbocycles. The molecule has 0 aromatic carbocycles. The third kappa shape index (κ3) is 1.27. The second-order valence-electron chi connectivity index (χ2n) is 5.00. The lowest BCUT2D eigenvalue weighted by Crippen LogP contribution is -2.40. The predicted molar refractivity (Wildman–Crippen MR) is 73.6 cm³/mol. The number of allylic oxidation sites excluding steroid dienone is 2. The van der Waals surface area contributed by atoms with E-state index in [1.165, 1.54) is 0 Å². The first-order valence-electron chi connectivity index (χ1n) is 5.97. The van der Waals surface area contributed by atoms with Crippen LogP contribution in [0, 0.1) is 13.8 Å². The van der Waals surface area contributed by atoms with E-state index >= 15 is 0 Å². The molecule has 0 N–H and O–H groups in total. The van der Waals surface area contributed by atoms with Gasteiger partial charge in [-0.3, -0.25) is 4.48 Å². The Morgan fingerprint density at radius 3 is 2.61 bits per heavy atom. The molecular formula is C13H14BClFN2+. The molecule has 2 aliphatic rings. The summed E-state index contributed by atoms with van der Waals surface area (Å²) < 4.78 is 18.1. The summed E-state index contributed by atoms with van der Waals surface area (Å²) in [4.78, 5) is 0. The highest BCUT2D eigenvalue weighted by Crippen LogP contribution is 2.38. The summed E-state index contributed by atoms with van der Waals surface area (Å²) >= 11 is 6.49. The van der Waals surface area contributed by atoms with E-state index in [9.17, 15) is 4.32 Å². The zero-order valence-electron chi connectivity index (χ0n) is 10.9. The Bertz CT molecular complexity index is 667. The molecule has 2 aliphatic heterocycles. The second kappa shape index (κ2) is 3.61. The molecule has 0 atom stereocenters. The zero-order valence-corrected chi connectivity index (χ0v) is 11.6. The van der Waals surface area contributed by atoms with Gasteiger partial charge in [0, 0.05) is 24.3 Å². The van der Waals surface area contributed by atoms with Gasteiger partial charge < -0.3 is 0 Å². The monoisotopic (exact) mass is 263 g/mol. The quantitative estimate of drug-likeness (QED) is 0.635. The van der Waals surface area contributed by atoms with Crippen molar-refractivity contribution >= 4 is 29.6 Å². The van der Waals surface area contributed by atoms with Gasteiger partial charge in [0.05, 0.1) is 5.69 Å². The van der Waals surface area contributed by atoms with Crippen LogP contribution in [-0.4, -0.2) is 21.9 Å². The first-order valence-corrected chi connectivity index (χ1v) is 6.35. The van der Waals surface area contributed by atoms with Gasteiger partial charge in [-0.2, -0.15) is 0 Å². The Labute approximate surface area is 111 Å². The summed E-state index contributed by atoms with van der Waals surface area (Å²) in [6.07, 6.45) is 1.97. The molecule has 0 unspecified atom stereocenters. The van der Waals surface area contributed by atoms with Crippen LogP contribution in [-0.2, 0) is 0 Å². The molecule has 5 heteroatoms. The number of fused-ring (bicyclic) bond motifs is 2. The van der Waals surface area contributed by atoms with Crippen molar-refractivity contribution in [2.24, 2.45) is 0 Å². The van der Waals surface area contributed by atoms with Crippen molar-refractivity contribution in [2.75, 3.05) is 0 Å². The van der Waals surface area contributed by atoms with Crippen LogP contribution in [0.5, 0.6) is 0 Å². The van der Waals surface area contributed by atoms with Crippen LogP contribution in [0.2, 0.25) is 0 Å². The summed E-state index contributed by atoms with van der Waals surface area (Å²) in [7, 11) is -1.21. The number of hydrogen-bond acceptors (Lipinski definition) is 0. The largest absolute Gasteiger partial charge is 0.846 e. The van der Waals surface area contributed by atoms with E-state index in [1.54, 1.807) is 8.96 Å². The van der Waals surface area contributed by atoms with Crippen LogP contribution in [0.25, 0.3) is 5.03 Å². The van der Waals surface area contributed by atoms with Gasteiger partial charge in [-0.05, 0) is 32.4 Å². The number of rotatable bonds is 0. The maximum absolute atomic E-state index is 14.7. The first-order chi connectivity index (χ1) is 8.43. The number of hydrogen-bond donors (Lipinski definition) is 0. The standard InChI is InChI=1S/C13H14BClFN2/c1-7-5-9(3)17-12(7)11(15)13-8(2)6-10(4)18(13)14(17)16/h5-6H,1-4H3/q+1. The highest BCUT2D eigenvalue weighted by Gasteiger charge is 2.50.